The van der Waals surface area contributed by atoms with Gasteiger partial charge in [-0.05, 0) is 36.6 Å². The number of benzene rings is 2. The van der Waals surface area contributed by atoms with Gasteiger partial charge in [0.1, 0.15) is 0 Å². The summed E-state index contributed by atoms with van der Waals surface area (Å²) in [4.78, 5) is 23.8. The normalized spacial score (nSPS) is 10.7. The van der Waals surface area contributed by atoms with Crippen LogP contribution >= 0.6 is 0 Å². The monoisotopic (exact) mass is 414 g/mol. The van der Waals surface area contributed by atoms with E-state index >= 15 is 0 Å². The quantitative estimate of drug-likeness (QED) is 0.349. The molecule has 152 valence electrons. The molecule has 0 bridgehead atoms. The van der Waals surface area contributed by atoms with Crippen molar-refractivity contribution < 1.29 is 22.7 Å². The van der Waals surface area contributed by atoms with Crippen molar-refractivity contribution in [2.75, 3.05) is 19.7 Å². The minimum Gasteiger partial charge on any atom is -0.452 e. The fraction of sp³-hybridized carbons (Fsp3) is 0.238. The first-order chi connectivity index (χ1) is 13.9. The van der Waals surface area contributed by atoms with E-state index in [0.29, 0.717) is 6.54 Å². The maximum atomic E-state index is 12.1. The van der Waals surface area contributed by atoms with Gasteiger partial charge in [0.15, 0.2) is 6.61 Å². The molecule has 2 rings (SSSR count). The van der Waals surface area contributed by atoms with Crippen LogP contribution in [0.5, 0.6) is 0 Å². The molecule has 8 heteroatoms. The van der Waals surface area contributed by atoms with Crippen LogP contribution in [0.25, 0.3) is 0 Å². The van der Waals surface area contributed by atoms with Crippen LogP contribution in [-0.4, -0.2) is 40.0 Å². The number of terminal acetylenes is 1. The Labute approximate surface area is 170 Å². The number of hydrogen-bond acceptors (Lipinski definition) is 5. The van der Waals surface area contributed by atoms with Gasteiger partial charge in [-0.25, -0.2) is 13.2 Å². The predicted molar refractivity (Wildman–Crippen MR) is 109 cm³/mol. The molecule has 0 heterocycles. The summed E-state index contributed by atoms with van der Waals surface area (Å²) in [6, 6.07) is 15.2. The highest BCUT2D eigenvalue weighted by Gasteiger charge is 2.16. The Bertz CT molecular complexity index is 982. The molecule has 0 atom stereocenters. The number of hydrogen-bond donors (Lipinski definition) is 2. The van der Waals surface area contributed by atoms with Crippen molar-refractivity contribution in [2.45, 2.75) is 17.7 Å². The standard InChI is InChI=1S/C21H22N2O5S/c1-2-13-23-29(26,27)19-12-6-11-18(15-19)21(25)28-16-20(24)22-14-7-10-17-8-4-3-5-9-17/h1,3-6,8-9,11-12,15,23H,7,10,13-14,16H2,(H,22,24). The first-order valence-corrected chi connectivity index (χ1v) is 10.4. The van der Waals surface area contributed by atoms with Crippen LogP contribution in [-0.2, 0) is 26.0 Å². The van der Waals surface area contributed by atoms with Crippen LogP contribution < -0.4 is 10.0 Å². The third-order valence-corrected chi connectivity index (χ3v) is 5.28. The SMILES string of the molecule is C#CCNS(=O)(=O)c1cccc(C(=O)OCC(=O)NCCCc2ccccc2)c1. The molecule has 0 radical (unpaired) electrons. The molecule has 0 aliphatic rings. The molecular formula is C21H22N2O5S. The number of sulfonamides is 1. The summed E-state index contributed by atoms with van der Waals surface area (Å²) in [7, 11) is -3.83. The maximum Gasteiger partial charge on any atom is 0.338 e. The van der Waals surface area contributed by atoms with E-state index < -0.39 is 28.5 Å². The Hall–Kier alpha value is -3.15. The van der Waals surface area contributed by atoms with Crippen LogP contribution in [0.4, 0.5) is 0 Å². The van der Waals surface area contributed by atoms with Crippen molar-refractivity contribution in [1.82, 2.24) is 10.0 Å². The second kappa shape index (κ2) is 11.0. The molecule has 2 aromatic carbocycles. The van der Waals surface area contributed by atoms with Gasteiger partial charge in [-0.15, -0.1) is 6.42 Å². The molecule has 7 nitrogen and oxygen atoms in total. The number of ether oxygens (including phenoxy) is 1. The lowest BCUT2D eigenvalue weighted by Gasteiger charge is -2.08. The first-order valence-electron chi connectivity index (χ1n) is 8.93. The number of esters is 1. The summed E-state index contributed by atoms with van der Waals surface area (Å²) in [6.07, 6.45) is 6.63. The Kier molecular flexibility index (Phi) is 8.40. The number of aryl methyl sites for hydroxylation is 1. The zero-order valence-corrected chi connectivity index (χ0v) is 16.6. The van der Waals surface area contributed by atoms with Gasteiger partial charge in [0.25, 0.3) is 5.91 Å². The third kappa shape index (κ3) is 7.41. The smallest absolute Gasteiger partial charge is 0.338 e. The molecule has 0 aromatic heterocycles. The Balaban J connectivity index is 1.79. The van der Waals surface area contributed by atoms with Crippen molar-refractivity contribution >= 4 is 21.9 Å². The van der Waals surface area contributed by atoms with E-state index in [4.69, 9.17) is 11.2 Å². The molecule has 0 aliphatic heterocycles. The molecule has 2 aromatic rings. The molecule has 0 saturated heterocycles. The van der Waals surface area contributed by atoms with E-state index in [0.717, 1.165) is 12.8 Å². The van der Waals surface area contributed by atoms with Crippen LogP contribution in [0, 0.1) is 12.3 Å². The predicted octanol–water partition coefficient (Wildman–Crippen LogP) is 1.50. The van der Waals surface area contributed by atoms with E-state index in [1.54, 1.807) is 0 Å². The highest BCUT2D eigenvalue weighted by molar-refractivity contribution is 7.89. The molecule has 0 saturated carbocycles. The van der Waals surface area contributed by atoms with Crippen molar-refractivity contribution in [3.05, 3.63) is 65.7 Å². The number of carbonyl (C=O) groups excluding carboxylic acids is 2. The summed E-state index contributed by atoms with van der Waals surface area (Å²) < 4.78 is 31.3. The zero-order chi connectivity index (χ0) is 21.1. The summed E-state index contributed by atoms with van der Waals surface area (Å²) >= 11 is 0. The fourth-order valence-corrected chi connectivity index (χ4v) is 3.42. The lowest BCUT2D eigenvalue weighted by Crippen LogP contribution is -2.30. The number of carbonyl (C=O) groups is 2. The van der Waals surface area contributed by atoms with Crippen molar-refractivity contribution in [3.8, 4) is 12.3 Å². The highest BCUT2D eigenvalue weighted by Crippen LogP contribution is 2.12. The number of amides is 1. The average Bonchev–Trinajstić information content (AvgIpc) is 2.74. The zero-order valence-electron chi connectivity index (χ0n) is 15.8. The summed E-state index contributed by atoms with van der Waals surface area (Å²) in [5, 5.41) is 2.68. The lowest BCUT2D eigenvalue weighted by molar-refractivity contribution is -0.124. The summed E-state index contributed by atoms with van der Waals surface area (Å²) in [5.74, 6) is 0.949. The second-order valence-corrected chi connectivity index (χ2v) is 7.84. The van der Waals surface area contributed by atoms with E-state index in [-0.39, 0.29) is 17.0 Å². The van der Waals surface area contributed by atoms with Gasteiger partial charge in [-0.1, -0.05) is 42.3 Å². The van der Waals surface area contributed by atoms with Crippen molar-refractivity contribution in [2.24, 2.45) is 0 Å². The van der Waals surface area contributed by atoms with Gasteiger partial charge >= 0.3 is 5.97 Å². The van der Waals surface area contributed by atoms with E-state index in [9.17, 15) is 18.0 Å². The van der Waals surface area contributed by atoms with Crippen LogP contribution in [0.2, 0.25) is 0 Å². The fourth-order valence-electron chi connectivity index (χ4n) is 2.44. The van der Waals surface area contributed by atoms with Crippen LogP contribution in [0.1, 0.15) is 22.3 Å². The Morgan fingerprint density at radius 3 is 2.55 bits per heavy atom. The summed E-state index contributed by atoms with van der Waals surface area (Å²) in [5.41, 5.74) is 1.20. The van der Waals surface area contributed by atoms with E-state index in [2.05, 4.69) is 16.0 Å². The van der Waals surface area contributed by atoms with E-state index in [1.165, 1.54) is 29.8 Å². The average molecular weight is 414 g/mol. The van der Waals surface area contributed by atoms with Gasteiger partial charge in [0, 0.05) is 6.54 Å². The molecule has 0 fully saturated rings. The molecular weight excluding hydrogens is 392 g/mol. The Morgan fingerprint density at radius 1 is 1.07 bits per heavy atom. The van der Waals surface area contributed by atoms with Gasteiger partial charge < -0.3 is 10.1 Å². The van der Waals surface area contributed by atoms with Crippen LogP contribution in [0.3, 0.4) is 0 Å². The van der Waals surface area contributed by atoms with Crippen LogP contribution in [0.15, 0.2) is 59.5 Å². The molecule has 0 spiro atoms. The Morgan fingerprint density at radius 2 is 1.83 bits per heavy atom. The minimum atomic E-state index is -3.83. The topological polar surface area (TPSA) is 102 Å². The third-order valence-electron chi connectivity index (χ3n) is 3.89. The van der Waals surface area contributed by atoms with E-state index in [1.807, 2.05) is 30.3 Å². The molecule has 1 amide bonds. The van der Waals surface area contributed by atoms with Gasteiger partial charge in [0.2, 0.25) is 10.0 Å². The van der Waals surface area contributed by atoms with Crippen molar-refractivity contribution in [1.29, 1.82) is 0 Å². The van der Waals surface area contributed by atoms with Gasteiger partial charge in [-0.2, -0.15) is 4.72 Å². The number of rotatable bonds is 10. The van der Waals surface area contributed by atoms with Gasteiger partial charge in [-0.3, -0.25) is 4.79 Å². The molecule has 0 unspecified atom stereocenters. The minimum absolute atomic E-state index is 0.0189. The second-order valence-electron chi connectivity index (χ2n) is 6.07. The molecule has 0 aliphatic carbocycles. The maximum absolute atomic E-state index is 12.1. The van der Waals surface area contributed by atoms with Gasteiger partial charge in [0.05, 0.1) is 17.0 Å². The lowest BCUT2D eigenvalue weighted by atomic mass is 10.1. The first kappa shape index (κ1) is 22.1. The summed E-state index contributed by atoms with van der Waals surface area (Å²) in [6.45, 7) is -0.155. The van der Waals surface area contributed by atoms with Crippen molar-refractivity contribution in [3.63, 3.8) is 0 Å². The largest absolute Gasteiger partial charge is 0.452 e. The number of nitrogens with one attached hydrogen (secondary N) is 2. The molecule has 29 heavy (non-hydrogen) atoms. The molecule has 2 N–H and O–H groups in total. The highest BCUT2D eigenvalue weighted by atomic mass is 32.2.